The standard InChI is InChI=1S/C27H26N4O4/c1-5-35-27(33)21-16-28-31(23-15-18(3)20-7-6-8-22(34-4)25(20)29-23)26(21)30-24(32)14-13-19-11-9-17(2)10-12-19/h6-16H,5H2,1-4H3,(H,30,32)/b14-13+. The van der Waals surface area contributed by atoms with Gasteiger partial charge in [0.05, 0.1) is 19.9 Å². The molecule has 2 aromatic heterocycles. The Morgan fingerprint density at radius 1 is 1.11 bits per heavy atom. The van der Waals surface area contributed by atoms with Gasteiger partial charge in [-0.3, -0.25) is 4.79 Å². The van der Waals surface area contributed by atoms with Crippen molar-refractivity contribution in [1.29, 1.82) is 0 Å². The number of hydrogen-bond acceptors (Lipinski definition) is 6. The summed E-state index contributed by atoms with van der Waals surface area (Å²) >= 11 is 0. The van der Waals surface area contributed by atoms with Gasteiger partial charge in [0.15, 0.2) is 11.6 Å². The van der Waals surface area contributed by atoms with Crippen molar-refractivity contribution in [2.24, 2.45) is 0 Å². The number of esters is 1. The molecular formula is C27H26N4O4. The number of carbonyl (C=O) groups is 2. The number of benzene rings is 2. The van der Waals surface area contributed by atoms with Gasteiger partial charge in [-0.05, 0) is 50.1 Å². The first-order chi connectivity index (χ1) is 16.9. The Balaban J connectivity index is 1.75. The fourth-order valence-corrected chi connectivity index (χ4v) is 3.66. The topological polar surface area (TPSA) is 95.3 Å². The van der Waals surface area contributed by atoms with Crippen LogP contribution in [0.1, 0.15) is 34.0 Å². The zero-order chi connectivity index (χ0) is 24.9. The van der Waals surface area contributed by atoms with Crippen LogP contribution in [-0.4, -0.2) is 40.4 Å². The van der Waals surface area contributed by atoms with Gasteiger partial charge in [0, 0.05) is 11.5 Å². The second kappa shape index (κ2) is 10.2. The Bertz CT molecular complexity index is 1420. The van der Waals surface area contributed by atoms with Gasteiger partial charge in [-0.15, -0.1) is 0 Å². The number of nitrogens with zero attached hydrogens (tertiary/aromatic N) is 3. The molecule has 0 atom stereocenters. The molecule has 0 aliphatic carbocycles. The molecule has 0 spiro atoms. The van der Waals surface area contributed by atoms with Crippen molar-refractivity contribution in [2.45, 2.75) is 20.8 Å². The van der Waals surface area contributed by atoms with E-state index < -0.39 is 11.9 Å². The Hall–Kier alpha value is -4.46. The smallest absolute Gasteiger partial charge is 0.343 e. The highest BCUT2D eigenvalue weighted by atomic mass is 16.5. The minimum absolute atomic E-state index is 0.128. The third-order valence-electron chi connectivity index (χ3n) is 5.44. The number of hydrogen-bond donors (Lipinski definition) is 1. The Morgan fingerprint density at radius 3 is 2.60 bits per heavy atom. The zero-order valence-electron chi connectivity index (χ0n) is 20.0. The van der Waals surface area contributed by atoms with Crippen LogP contribution < -0.4 is 10.1 Å². The summed E-state index contributed by atoms with van der Waals surface area (Å²) in [5.74, 6) is 0.187. The maximum Gasteiger partial charge on any atom is 0.343 e. The van der Waals surface area contributed by atoms with Gasteiger partial charge in [0.25, 0.3) is 0 Å². The van der Waals surface area contributed by atoms with E-state index in [2.05, 4.69) is 10.4 Å². The Labute approximate surface area is 203 Å². The molecule has 35 heavy (non-hydrogen) atoms. The molecule has 0 unspecified atom stereocenters. The van der Waals surface area contributed by atoms with E-state index in [1.54, 1.807) is 20.1 Å². The molecule has 8 heteroatoms. The first-order valence-electron chi connectivity index (χ1n) is 11.2. The predicted molar refractivity (Wildman–Crippen MR) is 135 cm³/mol. The van der Waals surface area contributed by atoms with Crippen molar-refractivity contribution in [3.05, 3.63) is 83.1 Å². The molecule has 2 heterocycles. The monoisotopic (exact) mass is 470 g/mol. The molecule has 0 saturated heterocycles. The average molecular weight is 471 g/mol. The van der Waals surface area contributed by atoms with E-state index in [1.807, 2.05) is 62.4 Å². The average Bonchev–Trinajstić information content (AvgIpc) is 3.27. The van der Waals surface area contributed by atoms with Crippen LogP contribution in [0, 0.1) is 13.8 Å². The van der Waals surface area contributed by atoms with E-state index in [1.165, 1.54) is 17.0 Å². The normalized spacial score (nSPS) is 11.1. The summed E-state index contributed by atoms with van der Waals surface area (Å²) in [6, 6.07) is 15.3. The number of carbonyl (C=O) groups excluding carboxylic acids is 2. The minimum atomic E-state index is -0.591. The van der Waals surface area contributed by atoms with Crippen molar-refractivity contribution in [3.8, 4) is 11.6 Å². The van der Waals surface area contributed by atoms with E-state index >= 15 is 0 Å². The quantitative estimate of drug-likeness (QED) is 0.306. The van der Waals surface area contributed by atoms with E-state index in [0.717, 1.165) is 22.1 Å². The number of rotatable bonds is 7. The summed E-state index contributed by atoms with van der Waals surface area (Å²) in [6.07, 6.45) is 4.46. The second-order valence-electron chi connectivity index (χ2n) is 7.93. The third kappa shape index (κ3) is 5.06. The van der Waals surface area contributed by atoms with E-state index in [4.69, 9.17) is 14.5 Å². The molecule has 4 rings (SSSR count). The van der Waals surface area contributed by atoms with Crippen molar-refractivity contribution in [1.82, 2.24) is 14.8 Å². The molecule has 0 aliphatic rings. The maximum absolute atomic E-state index is 12.8. The molecule has 1 amide bonds. The van der Waals surface area contributed by atoms with Crippen molar-refractivity contribution < 1.29 is 19.1 Å². The number of para-hydroxylation sites is 1. The number of amides is 1. The first-order valence-corrected chi connectivity index (χ1v) is 11.2. The minimum Gasteiger partial charge on any atom is -0.494 e. The van der Waals surface area contributed by atoms with Gasteiger partial charge in [-0.25, -0.2) is 9.78 Å². The lowest BCUT2D eigenvalue weighted by atomic mass is 10.1. The lowest BCUT2D eigenvalue weighted by Gasteiger charge is -2.12. The van der Waals surface area contributed by atoms with Crippen LogP contribution in [0.3, 0.4) is 0 Å². The highest BCUT2D eigenvalue weighted by Crippen LogP contribution is 2.29. The number of aromatic nitrogens is 3. The number of aryl methyl sites for hydroxylation is 2. The lowest BCUT2D eigenvalue weighted by molar-refractivity contribution is -0.111. The van der Waals surface area contributed by atoms with Gasteiger partial charge in [-0.2, -0.15) is 9.78 Å². The molecule has 0 saturated carbocycles. The SMILES string of the molecule is CCOC(=O)c1cnn(-c2cc(C)c3cccc(OC)c3n2)c1NC(=O)/C=C/c1ccc(C)cc1. The maximum atomic E-state index is 12.8. The van der Waals surface area contributed by atoms with Gasteiger partial charge >= 0.3 is 5.97 Å². The summed E-state index contributed by atoms with van der Waals surface area (Å²) in [4.78, 5) is 30.1. The van der Waals surface area contributed by atoms with Gasteiger partial charge < -0.3 is 14.8 Å². The molecule has 0 aliphatic heterocycles. The first kappa shape index (κ1) is 23.7. The molecule has 0 radical (unpaired) electrons. The van der Waals surface area contributed by atoms with E-state index in [0.29, 0.717) is 17.1 Å². The van der Waals surface area contributed by atoms with Gasteiger partial charge in [0.2, 0.25) is 5.91 Å². The van der Waals surface area contributed by atoms with Crippen molar-refractivity contribution in [2.75, 3.05) is 19.0 Å². The third-order valence-corrected chi connectivity index (χ3v) is 5.44. The molecule has 178 valence electrons. The summed E-state index contributed by atoms with van der Waals surface area (Å²) < 4.78 is 12.1. The van der Waals surface area contributed by atoms with Gasteiger partial charge in [0.1, 0.15) is 16.8 Å². The molecule has 0 bridgehead atoms. The zero-order valence-corrected chi connectivity index (χ0v) is 20.0. The highest BCUT2D eigenvalue weighted by molar-refractivity contribution is 6.06. The molecule has 2 aromatic carbocycles. The Morgan fingerprint density at radius 2 is 1.89 bits per heavy atom. The molecule has 4 aromatic rings. The molecule has 0 fully saturated rings. The van der Waals surface area contributed by atoms with Crippen LogP contribution in [0.4, 0.5) is 5.82 Å². The highest BCUT2D eigenvalue weighted by Gasteiger charge is 2.22. The number of fused-ring (bicyclic) bond motifs is 1. The number of pyridine rings is 1. The van der Waals surface area contributed by atoms with Crippen LogP contribution in [0.5, 0.6) is 5.75 Å². The van der Waals surface area contributed by atoms with Crippen LogP contribution >= 0.6 is 0 Å². The lowest BCUT2D eigenvalue weighted by Crippen LogP contribution is -2.16. The fourth-order valence-electron chi connectivity index (χ4n) is 3.66. The molecule has 8 nitrogen and oxygen atoms in total. The largest absolute Gasteiger partial charge is 0.494 e. The summed E-state index contributed by atoms with van der Waals surface area (Å²) in [5.41, 5.74) is 3.72. The fraction of sp³-hybridized carbons (Fsp3) is 0.185. The summed E-state index contributed by atoms with van der Waals surface area (Å²) in [7, 11) is 1.58. The van der Waals surface area contributed by atoms with Crippen molar-refractivity contribution >= 4 is 34.7 Å². The number of nitrogens with one attached hydrogen (secondary N) is 1. The van der Waals surface area contributed by atoms with Crippen LogP contribution in [0.2, 0.25) is 0 Å². The number of ether oxygens (including phenoxy) is 2. The van der Waals surface area contributed by atoms with Crippen molar-refractivity contribution in [3.63, 3.8) is 0 Å². The molecule has 1 N–H and O–H groups in total. The van der Waals surface area contributed by atoms with E-state index in [-0.39, 0.29) is 18.0 Å². The summed E-state index contributed by atoms with van der Waals surface area (Å²) in [5, 5.41) is 8.05. The predicted octanol–water partition coefficient (Wildman–Crippen LogP) is 4.87. The molecular weight excluding hydrogens is 444 g/mol. The van der Waals surface area contributed by atoms with Gasteiger partial charge in [-0.1, -0.05) is 42.0 Å². The van der Waals surface area contributed by atoms with Crippen LogP contribution in [-0.2, 0) is 9.53 Å². The van der Waals surface area contributed by atoms with E-state index in [9.17, 15) is 9.59 Å². The summed E-state index contributed by atoms with van der Waals surface area (Å²) in [6.45, 7) is 5.85. The second-order valence-corrected chi connectivity index (χ2v) is 7.93. The van der Waals surface area contributed by atoms with Crippen LogP contribution in [0.25, 0.3) is 22.8 Å². The number of methoxy groups -OCH3 is 1. The van der Waals surface area contributed by atoms with Crippen LogP contribution in [0.15, 0.2) is 60.8 Å². The number of anilines is 1. The Kier molecular flexibility index (Phi) is 6.91.